The van der Waals surface area contributed by atoms with Gasteiger partial charge in [-0.3, -0.25) is 4.79 Å². The van der Waals surface area contributed by atoms with Crippen LogP contribution in [0.2, 0.25) is 0 Å². The van der Waals surface area contributed by atoms with Gasteiger partial charge in [0.1, 0.15) is 5.75 Å². The lowest BCUT2D eigenvalue weighted by atomic mass is 9.83. The van der Waals surface area contributed by atoms with E-state index in [0.717, 1.165) is 29.9 Å². The van der Waals surface area contributed by atoms with Crippen LogP contribution in [0.15, 0.2) is 12.1 Å². The largest absolute Gasteiger partial charge is 0.493 e. The van der Waals surface area contributed by atoms with Gasteiger partial charge in [-0.15, -0.1) is 0 Å². The van der Waals surface area contributed by atoms with Crippen molar-refractivity contribution >= 4 is 5.78 Å². The van der Waals surface area contributed by atoms with Crippen molar-refractivity contribution in [1.29, 1.82) is 0 Å². The molecule has 1 aromatic carbocycles. The molecule has 86 valence electrons. The van der Waals surface area contributed by atoms with Crippen molar-refractivity contribution in [3.05, 3.63) is 28.8 Å². The number of carbonyl (C=O) groups excluding carboxylic acids is 1. The number of rotatable bonds is 1. The minimum atomic E-state index is 0.0138. The van der Waals surface area contributed by atoms with E-state index in [1.807, 2.05) is 12.1 Å². The number of benzene rings is 1. The fourth-order valence-electron chi connectivity index (χ4n) is 2.07. The molecule has 0 unspecified atom stereocenters. The SMILES string of the molecule is CC(=O)c1cc2c(c(C(C)(C)C)c1)OCC2. The molecule has 1 aromatic rings. The molecule has 1 heterocycles. The quantitative estimate of drug-likeness (QED) is 0.677. The van der Waals surface area contributed by atoms with Crippen molar-refractivity contribution in [1.82, 2.24) is 0 Å². The van der Waals surface area contributed by atoms with Crippen LogP contribution in [-0.4, -0.2) is 12.4 Å². The number of carbonyl (C=O) groups is 1. The Morgan fingerprint density at radius 2 is 2.00 bits per heavy atom. The lowest BCUT2D eigenvalue weighted by Gasteiger charge is -2.22. The minimum Gasteiger partial charge on any atom is -0.493 e. The van der Waals surface area contributed by atoms with Gasteiger partial charge >= 0.3 is 0 Å². The normalized spacial score (nSPS) is 14.5. The second-order valence-electron chi connectivity index (χ2n) is 5.42. The molecule has 0 amide bonds. The fourth-order valence-corrected chi connectivity index (χ4v) is 2.07. The maximum Gasteiger partial charge on any atom is 0.159 e. The molecule has 0 aliphatic carbocycles. The number of hydrogen-bond donors (Lipinski definition) is 0. The number of hydrogen-bond acceptors (Lipinski definition) is 2. The van der Waals surface area contributed by atoms with Crippen molar-refractivity contribution in [3.8, 4) is 5.75 Å². The summed E-state index contributed by atoms with van der Waals surface area (Å²) in [4.78, 5) is 11.5. The molecular formula is C14H18O2. The summed E-state index contributed by atoms with van der Waals surface area (Å²) in [6.45, 7) is 8.79. The van der Waals surface area contributed by atoms with Crippen LogP contribution < -0.4 is 4.74 Å². The van der Waals surface area contributed by atoms with Crippen molar-refractivity contribution in [2.24, 2.45) is 0 Å². The molecule has 0 N–H and O–H groups in total. The van der Waals surface area contributed by atoms with E-state index < -0.39 is 0 Å². The van der Waals surface area contributed by atoms with Crippen LogP contribution in [0.3, 0.4) is 0 Å². The van der Waals surface area contributed by atoms with Gasteiger partial charge in [-0.25, -0.2) is 0 Å². The van der Waals surface area contributed by atoms with Crippen molar-refractivity contribution in [2.45, 2.75) is 39.5 Å². The van der Waals surface area contributed by atoms with E-state index in [4.69, 9.17) is 4.74 Å². The Morgan fingerprint density at radius 1 is 1.31 bits per heavy atom. The summed E-state index contributed by atoms with van der Waals surface area (Å²) in [5.41, 5.74) is 3.14. The van der Waals surface area contributed by atoms with E-state index in [2.05, 4.69) is 20.8 Å². The second kappa shape index (κ2) is 3.62. The molecule has 1 aliphatic rings. The maximum absolute atomic E-state index is 11.5. The van der Waals surface area contributed by atoms with Gasteiger partial charge in [0.2, 0.25) is 0 Å². The minimum absolute atomic E-state index is 0.0138. The van der Waals surface area contributed by atoms with Gasteiger partial charge in [0.25, 0.3) is 0 Å². The average molecular weight is 218 g/mol. The Labute approximate surface area is 96.6 Å². The Bertz CT molecular complexity index is 439. The summed E-state index contributed by atoms with van der Waals surface area (Å²) in [5, 5.41) is 0. The molecule has 16 heavy (non-hydrogen) atoms. The Hall–Kier alpha value is -1.31. The lowest BCUT2D eigenvalue weighted by molar-refractivity contribution is 0.101. The van der Waals surface area contributed by atoms with E-state index in [9.17, 15) is 4.79 Å². The molecule has 2 nitrogen and oxygen atoms in total. The summed E-state index contributed by atoms with van der Waals surface area (Å²) < 4.78 is 5.68. The van der Waals surface area contributed by atoms with Gasteiger partial charge in [-0.05, 0) is 30.0 Å². The highest BCUT2D eigenvalue weighted by Crippen LogP contribution is 2.38. The molecule has 2 heteroatoms. The molecule has 0 saturated heterocycles. The fraction of sp³-hybridized carbons (Fsp3) is 0.500. The van der Waals surface area contributed by atoms with Gasteiger partial charge in [0.05, 0.1) is 6.61 Å². The molecule has 0 bridgehead atoms. The van der Waals surface area contributed by atoms with Crippen LogP contribution in [0.1, 0.15) is 49.2 Å². The molecule has 1 aliphatic heterocycles. The highest BCUT2D eigenvalue weighted by molar-refractivity contribution is 5.95. The standard InChI is InChI=1S/C14H18O2/c1-9(15)11-7-10-5-6-16-13(10)12(8-11)14(2,3)4/h7-8H,5-6H2,1-4H3. The first kappa shape index (κ1) is 11.2. The average Bonchev–Trinajstić information content (AvgIpc) is 2.61. The highest BCUT2D eigenvalue weighted by Gasteiger charge is 2.26. The van der Waals surface area contributed by atoms with E-state index >= 15 is 0 Å². The van der Waals surface area contributed by atoms with Crippen molar-refractivity contribution < 1.29 is 9.53 Å². The zero-order chi connectivity index (χ0) is 11.9. The summed E-state index contributed by atoms with van der Waals surface area (Å²) in [7, 11) is 0. The van der Waals surface area contributed by atoms with E-state index in [1.165, 1.54) is 5.56 Å². The van der Waals surface area contributed by atoms with Gasteiger partial charge in [-0.1, -0.05) is 20.8 Å². The number of fused-ring (bicyclic) bond motifs is 1. The zero-order valence-corrected chi connectivity index (χ0v) is 10.4. The Morgan fingerprint density at radius 3 is 2.56 bits per heavy atom. The molecule has 0 fully saturated rings. The van der Waals surface area contributed by atoms with Gasteiger partial charge < -0.3 is 4.74 Å². The first-order valence-corrected chi connectivity index (χ1v) is 5.71. The molecule has 0 aromatic heterocycles. The molecule has 0 saturated carbocycles. The third kappa shape index (κ3) is 1.84. The molecule has 0 radical (unpaired) electrons. The molecular weight excluding hydrogens is 200 g/mol. The first-order chi connectivity index (χ1) is 7.39. The predicted molar refractivity (Wildman–Crippen MR) is 64.3 cm³/mol. The summed E-state index contributed by atoms with van der Waals surface area (Å²) in [6.07, 6.45) is 0.916. The first-order valence-electron chi connectivity index (χ1n) is 5.71. The van der Waals surface area contributed by atoms with Crippen LogP contribution in [-0.2, 0) is 11.8 Å². The Balaban J connectivity index is 2.63. The second-order valence-corrected chi connectivity index (χ2v) is 5.42. The van der Waals surface area contributed by atoms with Crippen LogP contribution in [0.5, 0.6) is 5.75 Å². The van der Waals surface area contributed by atoms with Gasteiger partial charge in [0, 0.05) is 17.5 Å². The summed E-state index contributed by atoms with van der Waals surface area (Å²) in [5.74, 6) is 1.12. The molecule has 0 spiro atoms. The highest BCUT2D eigenvalue weighted by atomic mass is 16.5. The van der Waals surface area contributed by atoms with Crippen molar-refractivity contribution in [3.63, 3.8) is 0 Å². The number of Topliss-reactive ketones (excluding diaryl/α,β-unsaturated/α-hetero) is 1. The van der Waals surface area contributed by atoms with Crippen molar-refractivity contribution in [2.75, 3.05) is 6.61 Å². The third-order valence-electron chi connectivity index (χ3n) is 3.00. The van der Waals surface area contributed by atoms with E-state index in [0.29, 0.717) is 0 Å². The van der Waals surface area contributed by atoms with E-state index in [1.54, 1.807) is 6.92 Å². The number of ether oxygens (including phenoxy) is 1. The van der Waals surface area contributed by atoms with Gasteiger partial charge in [-0.2, -0.15) is 0 Å². The van der Waals surface area contributed by atoms with Crippen LogP contribution >= 0.6 is 0 Å². The van der Waals surface area contributed by atoms with Crippen LogP contribution in [0.4, 0.5) is 0 Å². The van der Waals surface area contributed by atoms with E-state index in [-0.39, 0.29) is 11.2 Å². The molecule has 2 rings (SSSR count). The third-order valence-corrected chi connectivity index (χ3v) is 3.00. The maximum atomic E-state index is 11.5. The summed E-state index contributed by atoms with van der Waals surface area (Å²) in [6, 6.07) is 3.95. The predicted octanol–water partition coefficient (Wildman–Crippen LogP) is 3.12. The Kier molecular flexibility index (Phi) is 2.53. The number of ketones is 1. The lowest BCUT2D eigenvalue weighted by Crippen LogP contribution is -2.14. The molecule has 0 atom stereocenters. The smallest absolute Gasteiger partial charge is 0.159 e. The van der Waals surface area contributed by atoms with Crippen LogP contribution in [0.25, 0.3) is 0 Å². The zero-order valence-electron chi connectivity index (χ0n) is 10.4. The topological polar surface area (TPSA) is 26.3 Å². The monoisotopic (exact) mass is 218 g/mol. The summed E-state index contributed by atoms with van der Waals surface area (Å²) >= 11 is 0. The van der Waals surface area contributed by atoms with Crippen LogP contribution in [0, 0.1) is 0 Å². The van der Waals surface area contributed by atoms with Gasteiger partial charge in [0.15, 0.2) is 5.78 Å².